The Labute approximate surface area is 267 Å². The van der Waals surface area contributed by atoms with Crippen LogP contribution in [0.1, 0.15) is 61.3 Å². The normalized spacial score (nSPS) is 14.1. The smallest absolute Gasteiger partial charge is 0.264 e. The summed E-state index contributed by atoms with van der Waals surface area (Å²) in [6, 6.07) is 16.8. The van der Waals surface area contributed by atoms with Crippen LogP contribution in [0.3, 0.4) is 0 Å². The second-order valence-corrected chi connectivity index (χ2v) is 13.6. The number of rotatable bonds is 13. The summed E-state index contributed by atoms with van der Waals surface area (Å²) in [5, 5.41) is 3.15. The average molecular weight is 636 g/mol. The average Bonchev–Trinajstić information content (AvgIpc) is 3.52. The Morgan fingerprint density at radius 1 is 0.911 bits per heavy atom. The van der Waals surface area contributed by atoms with E-state index in [0.29, 0.717) is 17.9 Å². The van der Waals surface area contributed by atoms with Gasteiger partial charge in [-0.05, 0) is 86.6 Å². The summed E-state index contributed by atoms with van der Waals surface area (Å²) in [5.41, 5.74) is 3.92. The molecule has 4 rings (SSSR count). The van der Waals surface area contributed by atoms with Gasteiger partial charge in [-0.3, -0.25) is 13.9 Å². The maximum atomic E-state index is 14.5. The van der Waals surface area contributed by atoms with Crippen molar-refractivity contribution in [2.45, 2.75) is 83.3 Å². The summed E-state index contributed by atoms with van der Waals surface area (Å²) in [6.45, 7) is 7.26. The maximum Gasteiger partial charge on any atom is 0.264 e. The van der Waals surface area contributed by atoms with E-state index in [1.54, 1.807) is 12.1 Å². The molecule has 45 heavy (non-hydrogen) atoms. The molecule has 0 aliphatic heterocycles. The second-order valence-electron chi connectivity index (χ2n) is 11.7. The van der Waals surface area contributed by atoms with Gasteiger partial charge in [-0.1, -0.05) is 50.1 Å². The van der Waals surface area contributed by atoms with Crippen molar-refractivity contribution in [3.05, 3.63) is 82.9 Å². The van der Waals surface area contributed by atoms with Gasteiger partial charge in [-0.15, -0.1) is 0 Å². The van der Waals surface area contributed by atoms with E-state index in [4.69, 9.17) is 9.47 Å². The molecule has 9 nitrogen and oxygen atoms in total. The van der Waals surface area contributed by atoms with Crippen LogP contribution in [0.25, 0.3) is 0 Å². The van der Waals surface area contributed by atoms with Crippen molar-refractivity contribution >= 4 is 27.5 Å². The third-order valence-corrected chi connectivity index (χ3v) is 10.2. The largest absolute Gasteiger partial charge is 0.493 e. The molecular formula is C35H45N3O6S. The van der Waals surface area contributed by atoms with Crippen LogP contribution >= 0.6 is 0 Å². The Kier molecular flexibility index (Phi) is 11.1. The monoisotopic (exact) mass is 635 g/mol. The molecule has 3 aromatic rings. The fourth-order valence-electron chi connectivity index (χ4n) is 5.99. The van der Waals surface area contributed by atoms with E-state index in [-0.39, 0.29) is 29.1 Å². The molecule has 1 aliphatic carbocycles. The number of methoxy groups -OCH3 is 2. The van der Waals surface area contributed by atoms with Crippen LogP contribution in [0.5, 0.6) is 11.5 Å². The number of hydrogen-bond donors (Lipinski definition) is 1. The molecule has 1 unspecified atom stereocenters. The minimum absolute atomic E-state index is 0.0522. The van der Waals surface area contributed by atoms with Gasteiger partial charge in [0.15, 0.2) is 11.5 Å². The third-order valence-electron chi connectivity index (χ3n) is 8.41. The van der Waals surface area contributed by atoms with E-state index in [0.717, 1.165) is 52.2 Å². The van der Waals surface area contributed by atoms with Gasteiger partial charge < -0.3 is 19.7 Å². The number of anilines is 1. The zero-order valence-corrected chi connectivity index (χ0v) is 27.9. The van der Waals surface area contributed by atoms with Crippen molar-refractivity contribution in [2.24, 2.45) is 0 Å². The van der Waals surface area contributed by atoms with Crippen LogP contribution < -0.4 is 19.1 Å². The molecule has 0 radical (unpaired) electrons. The summed E-state index contributed by atoms with van der Waals surface area (Å²) in [7, 11) is -1.37. The van der Waals surface area contributed by atoms with Crippen LogP contribution in [0.4, 0.5) is 5.69 Å². The Balaban J connectivity index is 1.78. The van der Waals surface area contributed by atoms with Crippen LogP contribution in [0.2, 0.25) is 0 Å². The summed E-state index contributed by atoms with van der Waals surface area (Å²) >= 11 is 0. The number of ether oxygens (including phenoxy) is 2. The highest BCUT2D eigenvalue weighted by Crippen LogP contribution is 2.33. The van der Waals surface area contributed by atoms with E-state index >= 15 is 0 Å². The number of carbonyl (C=O) groups is 2. The predicted octanol–water partition coefficient (Wildman–Crippen LogP) is 5.69. The maximum absolute atomic E-state index is 14.5. The highest BCUT2D eigenvalue weighted by molar-refractivity contribution is 7.92. The van der Waals surface area contributed by atoms with Gasteiger partial charge in [0.25, 0.3) is 10.0 Å². The lowest BCUT2D eigenvalue weighted by Crippen LogP contribution is -2.53. The number of nitrogens with zero attached hydrogens (tertiary/aromatic N) is 2. The van der Waals surface area contributed by atoms with Crippen LogP contribution in [0, 0.1) is 20.8 Å². The number of nitrogens with one attached hydrogen (secondary N) is 1. The number of sulfonamides is 1. The van der Waals surface area contributed by atoms with Gasteiger partial charge in [-0.25, -0.2) is 8.42 Å². The van der Waals surface area contributed by atoms with E-state index in [1.807, 2.05) is 58.0 Å². The summed E-state index contributed by atoms with van der Waals surface area (Å²) in [5.74, 6) is -0.0584. The third kappa shape index (κ3) is 7.97. The zero-order valence-electron chi connectivity index (χ0n) is 27.1. The molecule has 0 aromatic heterocycles. The SMILES string of the molecule is CCC(C(=O)NC1CCCC1)N(Cc1ccccc1C)C(=O)CN(c1cc(C)cc(C)c1)S(=O)(=O)c1ccc(OC)c(OC)c1. The van der Waals surface area contributed by atoms with Crippen molar-refractivity contribution in [1.29, 1.82) is 0 Å². The van der Waals surface area contributed by atoms with E-state index < -0.39 is 28.5 Å². The molecule has 242 valence electrons. The first-order chi connectivity index (χ1) is 21.5. The molecule has 0 bridgehead atoms. The van der Waals surface area contributed by atoms with Crippen molar-refractivity contribution in [3.8, 4) is 11.5 Å². The number of hydrogen-bond acceptors (Lipinski definition) is 6. The molecule has 0 saturated heterocycles. The van der Waals surface area contributed by atoms with Gasteiger partial charge in [0.1, 0.15) is 12.6 Å². The first-order valence-electron chi connectivity index (χ1n) is 15.5. The van der Waals surface area contributed by atoms with E-state index in [1.165, 1.54) is 37.3 Å². The van der Waals surface area contributed by atoms with Crippen molar-refractivity contribution in [3.63, 3.8) is 0 Å². The van der Waals surface area contributed by atoms with Crippen LogP contribution in [0.15, 0.2) is 65.6 Å². The standard InChI is InChI=1S/C35H45N3O6S/c1-7-31(35(40)36-28-14-10-11-15-28)37(22-27-13-9-8-12-26(27)4)34(39)23-38(29-19-24(2)18-25(3)20-29)45(41,42)30-16-17-32(43-5)33(21-30)44-6/h8-9,12-13,16-21,28,31H,7,10-11,14-15,22-23H2,1-6H3,(H,36,40). The van der Waals surface area contributed by atoms with Crippen LogP contribution in [-0.4, -0.2) is 58.0 Å². The van der Waals surface area contributed by atoms with E-state index in [9.17, 15) is 18.0 Å². The van der Waals surface area contributed by atoms with Crippen molar-refractivity contribution in [1.82, 2.24) is 10.2 Å². The number of aryl methyl sites for hydroxylation is 3. The highest BCUT2D eigenvalue weighted by Gasteiger charge is 2.35. The van der Waals surface area contributed by atoms with Gasteiger partial charge in [0, 0.05) is 18.7 Å². The molecule has 10 heteroatoms. The molecule has 1 atom stereocenters. The minimum Gasteiger partial charge on any atom is -0.493 e. The van der Waals surface area contributed by atoms with Gasteiger partial charge in [0.05, 0.1) is 24.8 Å². The molecule has 0 heterocycles. The Morgan fingerprint density at radius 3 is 2.16 bits per heavy atom. The first-order valence-corrected chi connectivity index (χ1v) is 16.9. The predicted molar refractivity (Wildman–Crippen MR) is 176 cm³/mol. The van der Waals surface area contributed by atoms with Crippen molar-refractivity contribution < 1.29 is 27.5 Å². The zero-order chi connectivity index (χ0) is 32.7. The Morgan fingerprint density at radius 2 is 1.56 bits per heavy atom. The van der Waals surface area contributed by atoms with Crippen LogP contribution in [-0.2, 0) is 26.2 Å². The van der Waals surface area contributed by atoms with Crippen molar-refractivity contribution in [2.75, 3.05) is 25.1 Å². The van der Waals surface area contributed by atoms with Gasteiger partial charge in [0.2, 0.25) is 11.8 Å². The fraction of sp³-hybridized carbons (Fsp3) is 0.429. The summed E-state index contributed by atoms with van der Waals surface area (Å²) in [4.78, 5) is 29.6. The first kappa shape index (κ1) is 33.8. The quantitative estimate of drug-likeness (QED) is 0.259. The summed E-state index contributed by atoms with van der Waals surface area (Å²) < 4.78 is 40.6. The molecule has 0 spiro atoms. The number of carbonyl (C=O) groups excluding carboxylic acids is 2. The Hall–Kier alpha value is -4.05. The topological polar surface area (TPSA) is 105 Å². The minimum atomic E-state index is -4.28. The lowest BCUT2D eigenvalue weighted by atomic mass is 10.1. The lowest BCUT2D eigenvalue weighted by molar-refractivity contribution is -0.140. The molecule has 3 aromatic carbocycles. The van der Waals surface area contributed by atoms with Gasteiger partial charge >= 0.3 is 0 Å². The summed E-state index contributed by atoms with van der Waals surface area (Å²) in [6.07, 6.45) is 4.33. The Bertz CT molecular complexity index is 1600. The van der Waals surface area contributed by atoms with Gasteiger partial charge in [-0.2, -0.15) is 0 Å². The molecule has 1 saturated carbocycles. The molecule has 1 aliphatic rings. The number of amides is 2. The molecular weight excluding hydrogens is 590 g/mol. The highest BCUT2D eigenvalue weighted by atomic mass is 32.2. The molecule has 1 N–H and O–H groups in total. The second kappa shape index (κ2) is 14.8. The fourth-order valence-corrected chi connectivity index (χ4v) is 7.40. The van der Waals surface area contributed by atoms with E-state index in [2.05, 4.69) is 5.32 Å². The number of benzene rings is 3. The lowest BCUT2D eigenvalue weighted by Gasteiger charge is -2.34. The molecule has 2 amide bonds. The molecule has 1 fully saturated rings.